The second-order valence-corrected chi connectivity index (χ2v) is 6.91. The summed E-state index contributed by atoms with van der Waals surface area (Å²) in [7, 11) is 0. The van der Waals surface area contributed by atoms with E-state index >= 15 is 0 Å². The Bertz CT molecular complexity index is 772. The predicted octanol–water partition coefficient (Wildman–Crippen LogP) is -0.232. The van der Waals surface area contributed by atoms with Gasteiger partial charge in [-0.3, -0.25) is 4.79 Å². The zero-order chi connectivity index (χ0) is 19.6. The van der Waals surface area contributed by atoms with Crippen LogP contribution >= 0.6 is 23.2 Å². The number of rotatable bonds is 10. The number of carboxylic acids is 1. The van der Waals surface area contributed by atoms with Crippen molar-refractivity contribution in [3.05, 3.63) is 64.1 Å². The van der Waals surface area contributed by atoms with Gasteiger partial charge in [0.1, 0.15) is 25.7 Å². The van der Waals surface area contributed by atoms with Crippen molar-refractivity contribution in [2.75, 3.05) is 18.4 Å². The molecule has 2 aromatic rings. The van der Waals surface area contributed by atoms with Crippen molar-refractivity contribution in [3.8, 4) is 0 Å². The number of carbonyl (C=O) groups excluding carboxylic acids is 2. The van der Waals surface area contributed by atoms with E-state index < -0.39 is 17.9 Å². The Morgan fingerprint density at radius 2 is 1.78 bits per heavy atom. The lowest BCUT2D eigenvalue weighted by molar-refractivity contribution is -0.742. The quantitative estimate of drug-likeness (QED) is 0.471. The predicted molar refractivity (Wildman–Crippen MR) is 102 cm³/mol. The van der Waals surface area contributed by atoms with E-state index in [2.05, 4.69) is 10.6 Å². The van der Waals surface area contributed by atoms with Crippen LogP contribution in [-0.4, -0.2) is 31.0 Å². The number of halogens is 2. The van der Waals surface area contributed by atoms with Crippen molar-refractivity contribution in [1.82, 2.24) is 0 Å². The van der Waals surface area contributed by atoms with Gasteiger partial charge in [0.2, 0.25) is 5.91 Å². The molecule has 2 aromatic carbocycles. The molecule has 1 amide bonds. The lowest BCUT2D eigenvalue weighted by Crippen LogP contribution is -2.99. The van der Waals surface area contributed by atoms with Gasteiger partial charge < -0.3 is 25.9 Å². The number of hydrogen-bond acceptors (Lipinski definition) is 3. The molecule has 5 N–H and O–H groups in total. The van der Waals surface area contributed by atoms with Crippen molar-refractivity contribution in [3.63, 3.8) is 0 Å². The molecule has 8 heteroatoms. The number of nitrogens with two attached hydrogens (primary N) is 2. The molecule has 0 bridgehead atoms. The summed E-state index contributed by atoms with van der Waals surface area (Å²) in [6, 6.07) is 13.7. The van der Waals surface area contributed by atoms with E-state index in [1.807, 2.05) is 30.3 Å². The molecule has 0 spiro atoms. The van der Waals surface area contributed by atoms with Gasteiger partial charge in [-0.25, -0.2) is 0 Å². The minimum atomic E-state index is -1.26. The highest BCUT2D eigenvalue weighted by molar-refractivity contribution is 6.42. The maximum atomic E-state index is 12.1. The van der Waals surface area contributed by atoms with Gasteiger partial charge in [0.15, 0.2) is 0 Å². The van der Waals surface area contributed by atoms with Crippen molar-refractivity contribution >= 4 is 40.8 Å². The number of quaternary nitrogens is 2. The average molecular weight is 411 g/mol. The summed E-state index contributed by atoms with van der Waals surface area (Å²) in [5, 5.41) is 18.3. The van der Waals surface area contributed by atoms with Crippen molar-refractivity contribution in [2.45, 2.75) is 19.0 Å². The Balaban J connectivity index is 1.74. The molecule has 0 aliphatic heterocycles. The largest absolute Gasteiger partial charge is 0.544 e. The molecular weight excluding hydrogens is 389 g/mol. The van der Waals surface area contributed by atoms with E-state index in [4.69, 9.17) is 23.2 Å². The number of anilines is 1. The van der Waals surface area contributed by atoms with Gasteiger partial charge in [-0.05, 0) is 18.2 Å². The van der Waals surface area contributed by atoms with E-state index in [-0.39, 0.29) is 6.42 Å². The zero-order valence-electron chi connectivity index (χ0n) is 14.7. The fourth-order valence-electron chi connectivity index (χ4n) is 2.55. The normalized spacial score (nSPS) is 11.8. The van der Waals surface area contributed by atoms with Crippen LogP contribution in [0.4, 0.5) is 5.69 Å². The standard InChI is InChI=1S/C19H21Cl2N3O3/c20-15-7-6-14(10-16(15)21)24-18(25)11-17(19(26)27)23-9-8-22-12-13-4-2-1-3-5-13/h1-7,10,17,22-23H,8-9,11-12H2,(H,24,25)(H,26,27)/p+1/t17-/m0/s1. The van der Waals surface area contributed by atoms with E-state index in [1.54, 1.807) is 17.4 Å². The fraction of sp³-hybridized carbons (Fsp3) is 0.263. The van der Waals surface area contributed by atoms with Gasteiger partial charge in [0, 0.05) is 11.3 Å². The molecule has 0 aliphatic rings. The Morgan fingerprint density at radius 1 is 1.04 bits per heavy atom. The highest BCUT2D eigenvalue weighted by Crippen LogP contribution is 2.25. The molecule has 27 heavy (non-hydrogen) atoms. The van der Waals surface area contributed by atoms with Gasteiger partial charge in [0.25, 0.3) is 0 Å². The monoisotopic (exact) mass is 410 g/mol. The highest BCUT2D eigenvalue weighted by Gasteiger charge is 2.18. The Morgan fingerprint density at radius 3 is 2.44 bits per heavy atom. The minimum Gasteiger partial charge on any atom is -0.544 e. The van der Waals surface area contributed by atoms with Crippen LogP contribution in [-0.2, 0) is 16.1 Å². The van der Waals surface area contributed by atoms with E-state index in [9.17, 15) is 14.7 Å². The third kappa shape index (κ3) is 7.56. The number of carboxylic acid groups (broad SMARTS) is 1. The molecule has 0 aromatic heterocycles. The van der Waals surface area contributed by atoms with Gasteiger partial charge in [-0.1, -0.05) is 53.5 Å². The number of aliphatic carboxylic acids is 1. The molecule has 6 nitrogen and oxygen atoms in total. The first-order valence-electron chi connectivity index (χ1n) is 8.60. The van der Waals surface area contributed by atoms with Crippen LogP contribution in [0, 0.1) is 0 Å². The third-order valence-corrected chi connectivity index (χ3v) is 4.70. The fourth-order valence-corrected chi connectivity index (χ4v) is 2.84. The maximum Gasteiger partial charge on any atom is 0.230 e. The summed E-state index contributed by atoms with van der Waals surface area (Å²) in [4.78, 5) is 23.4. The van der Waals surface area contributed by atoms with E-state index in [0.717, 1.165) is 13.1 Å². The van der Waals surface area contributed by atoms with Crippen molar-refractivity contribution in [2.24, 2.45) is 0 Å². The molecule has 0 heterocycles. The minimum absolute atomic E-state index is 0.193. The Labute approximate surface area is 167 Å². The molecule has 0 aliphatic carbocycles. The number of amides is 1. The summed E-state index contributed by atoms with van der Waals surface area (Å²) in [6.45, 7) is 2.11. The summed E-state index contributed by atoms with van der Waals surface area (Å²) in [5.74, 6) is -1.69. The molecule has 0 saturated heterocycles. The number of benzene rings is 2. The van der Waals surface area contributed by atoms with Gasteiger partial charge in [0.05, 0.1) is 22.4 Å². The number of carbonyl (C=O) groups is 2. The first kappa shape index (κ1) is 21.2. The van der Waals surface area contributed by atoms with Crippen LogP contribution < -0.4 is 21.1 Å². The summed E-state index contributed by atoms with van der Waals surface area (Å²) >= 11 is 11.7. The van der Waals surface area contributed by atoms with Crippen LogP contribution in [0.3, 0.4) is 0 Å². The van der Waals surface area contributed by atoms with Gasteiger partial charge >= 0.3 is 0 Å². The van der Waals surface area contributed by atoms with Crippen LogP contribution in [0.25, 0.3) is 0 Å². The first-order valence-corrected chi connectivity index (χ1v) is 9.36. The van der Waals surface area contributed by atoms with Gasteiger partial charge in [-0.15, -0.1) is 0 Å². The number of hydrogen-bond donors (Lipinski definition) is 3. The summed E-state index contributed by atoms with van der Waals surface area (Å²) in [6.07, 6.45) is -0.193. The number of nitrogens with one attached hydrogen (secondary N) is 1. The molecule has 0 radical (unpaired) electrons. The Hall–Kier alpha value is -2.12. The van der Waals surface area contributed by atoms with E-state index in [0.29, 0.717) is 22.3 Å². The molecule has 2 rings (SSSR count). The van der Waals surface area contributed by atoms with Gasteiger partial charge in [-0.2, -0.15) is 0 Å². The van der Waals surface area contributed by atoms with Crippen LogP contribution in [0.1, 0.15) is 12.0 Å². The average Bonchev–Trinajstić information content (AvgIpc) is 2.64. The molecule has 144 valence electrons. The van der Waals surface area contributed by atoms with Crippen LogP contribution in [0.2, 0.25) is 10.0 Å². The summed E-state index contributed by atoms with van der Waals surface area (Å²) < 4.78 is 0. The van der Waals surface area contributed by atoms with Crippen LogP contribution in [0.5, 0.6) is 0 Å². The lowest BCUT2D eigenvalue weighted by atomic mass is 10.2. The van der Waals surface area contributed by atoms with E-state index in [1.165, 1.54) is 11.6 Å². The maximum absolute atomic E-state index is 12.1. The summed E-state index contributed by atoms with van der Waals surface area (Å²) in [5.41, 5.74) is 1.66. The Kier molecular flexibility index (Phi) is 8.54. The second kappa shape index (κ2) is 10.9. The second-order valence-electron chi connectivity index (χ2n) is 6.10. The molecule has 0 saturated carbocycles. The SMILES string of the molecule is O=C(C[C@H]([NH2+]CC[NH2+]Cc1ccccc1)C(=O)[O-])Nc1ccc(Cl)c(Cl)c1. The third-order valence-electron chi connectivity index (χ3n) is 3.96. The first-order chi connectivity index (χ1) is 13.0. The van der Waals surface area contributed by atoms with Crippen LogP contribution in [0.15, 0.2) is 48.5 Å². The molecule has 1 atom stereocenters. The highest BCUT2D eigenvalue weighted by atomic mass is 35.5. The molecule has 0 unspecified atom stereocenters. The lowest BCUT2D eigenvalue weighted by Gasteiger charge is -2.16. The molecular formula is C19H22Cl2N3O3+. The topological polar surface area (TPSA) is 102 Å². The molecule has 0 fully saturated rings. The zero-order valence-corrected chi connectivity index (χ0v) is 16.2. The smallest absolute Gasteiger partial charge is 0.230 e. The van der Waals surface area contributed by atoms with Crippen molar-refractivity contribution in [1.29, 1.82) is 0 Å². The van der Waals surface area contributed by atoms with Crippen molar-refractivity contribution < 1.29 is 25.3 Å².